The number of piperidine rings is 1. The maximum absolute atomic E-state index is 11.9. The lowest BCUT2D eigenvalue weighted by Crippen LogP contribution is -2.52. The Labute approximate surface area is 116 Å². The van der Waals surface area contributed by atoms with E-state index < -0.39 is 0 Å². The molecule has 2 aliphatic heterocycles. The van der Waals surface area contributed by atoms with Crippen LogP contribution in [0, 0.1) is 0 Å². The number of hydrogen-bond donors (Lipinski definition) is 1. The predicted octanol–water partition coefficient (Wildman–Crippen LogP) is 0.816. The van der Waals surface area contributed by atoms with E-state index in [1.165, 1.54) is 6.42 Å². The van der Waals surface area contributed by atoms with Gasteiger partial charge in [-0.1, -0.05) is 6.92 Å². The monoisotopic (exact) mass is 268 g/mol. The summed E-state index contributed by atoms with van der Waals surface area (Å²) in [6.07, 6.45) is 3.50. The van der Waals surface area contributed by atoms with Crippen LogP contribution in [0.15, 0.2) is 0 Å². The Hall–Kier alpha value is -0.810. The van der Waals surface area contributed by atoms with Crippen LogP contribution in [0.25, 0.3) is 0 Å². The fraction of sp³-hybridized carbons (Fsp3) is 0.929. The fourth-order valence-electron chi connectivity index (χ4n) is 3.41. The first-order valence-electron chi connectivity index (χ1n) is 7.56. The summed E-state index contributed by atoms with van der Waals surface area (Å²) in [5.41, 5.74) is 0. The summed E-state index contributed by atoms with van der Waals surface area (Å²) < 4.78 is 0. The van der Waals surface area contributed by atoms with Crippen molar-refractivity contribution in [3.05, 3.63) is 0 Å². The van der Waals surface area contributed by atoms with Gasteiger partial charge in [-0.3, -0.25) is 4.90 Å². The van der Waals surface area contributed by atoms with Gasteiger partial charge in [-0.15, -0.1) is 0 Å². The summed E-state index contributed by atoms with van der Waals surface area (Å²) in [5.74, 6) is 0. The molecule has 1 unspecified atom stereocenters. The van der Waals surface area contributed by atoms with Gasteiger partial charge in [-0.25, -0.2) is 4.79 Å². The number of nitrogens with zero attached hydrogens (tertiary/aromatic N) is 3. The number of hydrogen-bond acceptors (Lipinski definition) is 3. The number of carbonyl (C=O) groups excluding carboxylic acids is 1. The molecule has 0 aromatic heterocycles. The maximum atomic E-state index is 11.9. The Morgan fingerprint density at radius 2 is 1.89 bits per heavy atom. The van der Waals surface area contributed by atoms with Gasteiger partial charge in [0, 0.05) is 45.8 Å². The molecule has 0 aliphatic carbocycles. The van der Waals surface area contributed by atoms with Crippen molar-refractivity contribution in [2.75, 3.05) is 46.8 Å². The summed E-state index contributed by atoms with van der Waals surface area (Å²) in [5, 5.41) is 3.46. The largest absolute Gasteiger partial charge is 0.331 e. The SMILES string of the molecule is CCN(C1CCN(C(=O)N(C)C)CC1)C1CCNC1. The van der Waals surface area contributed by atoms with Gasteiger partial charge in [0.05, 0.1) is 0 Å². The van der Waals surface area contributed by atoms with Crippen LogP contribution in [-0.2, 0) is 0 Å². The summed E-state index contributed by atoms with van der Waals surface area (Å²) in [7, 11) is 3.66. The normalized spacial score (nSPS) is 25.1. The molecule has 110 valence electrons. The summed E-state index contributed by atoms with van der Waals surface area (Å²) in [4.78, 5) is 18.2. The molecule has 2 heterocycles. The zero-order valence-electron chi connectivity index (χ0n) is 12.6. The molecule has 19 heavy (non-hydrogen) atoms. The molecule has 0 aromatic rings. The lowest BCUT2D eigenvalue weighted by atomic mass is 10.0. The van der Waals surface area contributed by atoms with E-state index in [-0.39, 0.29) is 6.03 Å². The minimum Gasteiger partial charge on any atom is -0.331 e. The van der Waals surface area contributed by atoms with Crippen LogP contribution >= 0.6 is 0 Å². The number of rotatable bonds is 3. The zero-order valence-corrected chi connectivity index (χ0v) is 12.6. The van der Waals surface area contributed by atoms with Crippen molar-refractivity contribution in [2.24, 2.45) is 0 Å². The van der Waals surface area contributed by atoms with Crippen LogP contribution in [0.4, 0.5) is 4.79 Å². The van der Waals surface area contributed by atoms with Gasteiger partial charge in [0.2, 0.25) is 0 Å². The number of likely N-dealkylation sites (tertiary alicyclic amines) is 1. The molecule has 0 bridgehead atoms. The first-order chi connectivity index (χ1) is 9.13. The molecule has 0 aromatic carbocycles. The van der Waals surface area contributed by atoms with Crippen LogP contribution in [0.1, 0.15) is 26.2 Å². The predicted molar refractivity (Wildman–Crippen MR) is 77.3 cm³/mol. The Morgan fingerprint density at radius 1 is 1.21 bits per heavy atom. The van der Waals surface area contributed by atoms with Crippen molar-refractivity contribution >= 4 is 6.03 Å². The van der Waals surface area contributed by atoms with Crippen LogP contribution in [0.2, 0.25) is 0 Å². The number of likely N-dealkylation sites (N-methyl/N-ethyl adjacent to an activating group) is 1. The third-order valence-corrected chi connectivity index (χ3v) is 4.46. The highest BCUT2D eigenvalue weighted by molar-refractivity contribution is 5.73. The third kappa shape index (κ3) is 3.39. The van der Waals surface area contributed by atoms with Gasteiger partial charge in [0.1, 0.15) is 0 Å². The molecule has 1 atom stereocenters. The van der Waals surface area contributed by atoms with E-state index in [1.807, 2.05) is 19.0 Å². The molecule has 5 nitrogen and oxygen atoms in total. The minimum absolute atomic E-state index is 0.157. The smallest absolute Gasteiger partial charge is 0.319 e. The quantitative estimate of drug-likeness (QED) is 0.823. The Morgan fingerprint density at radius 3 is 2.37 bits per heavy atom. The topological polar surface area (TPSA) is 38.8 Å². The van der Waals surface area contributed by atoms with Crippen molar-refractivity contribution in [1.29, 1.82) is 0 Å². The molecule has 5 heteroatoms. The molecule has 2 fully saturated rings. The van der Waals surface area contributed by atoms with Gasteiger partial charge in [0.25, 0.3) is 0 Å². The van der Waals surface area contributed by atoms with E-state index in [0.717, 1.165) is 45.6 Å². The Bertz CT molecular complexity index is 294. The molecule has 2 saturated heterocycles. The molecule has 1 N–H and O–H groups in total. The van der Waals surface area contributed by atoms with E-state index >= 15 is 0 Å². The average molecular weight is 268 g/mol. The summed E-state index contributed by atoms with van der Waals surface area (Å²) in [6.45, 7) is 7.47. The van der Waals surface area contributed by atoms with Gasteiger partial charge in [-0.2, -0.15) is 0 Å². The minimum atomic E-state index is 0.157. The Kier molecular flexibility index (Phi) is 5.05. The van der Waals surface area contributed by atoms with Crippen molar-refractivity contribution in [2.45, 2.75) is 38.3 Å². The van der Waals surface area contributed by atoms with Crippen LogP contribution in [-0.4, -0.2) is 79.6 Å². The van der Waals surface area contributed by atoms with Crippen LogP contribution < -0.4 is 5.32 Å². The first-order valence-corrected chi connectivity index (χ1v) is 7.56. The lowest BCUT2D eigenvalue weighted by molar-refractivity contribution is 0.0866. The number of nitrogens with one attached hydrogen (secondary N) is 1. The van der Waals surface area contributed by atoms with E-state index in [4.69, 9.17) is 0 Å². The molecule has 2 rings (SSSR count). The van der Waals surface area contributed by atoms with Gasteiger partial charge < -0.3 is 15.1 Å². The Balaban J connectivity index is 1.86. The highest BCUT2D eigenvalue weighted by Gasteiger charge is 2.31. The molecule has 2 amide bonds. The average Bonchev–Trinajstić information content (AvgIpc) is 2.93. The second-order valence-electron chi connectivity index (χ2n) is 5.87. The summed E-state index contributed by atoms with van der Waals surface area (Å²) >= 11 is 0. The van der Waals surface area contributed by atoms with E-state index in [2.05, 4.69) is 17.1 Å². The van der Waals surface area contributed by atoms with Crippen molar-refractivity contribution in [3.8, 4) is 0 Å². The van der Waals surface area contributed by atoms with Gasteiger partial charge >= 0.3 is 6.03 Å². The molecule has 0 spiro atoms. The fourth-order valence-corrected chi connectivity index (χ4v) is 3.41. The summed E-state index contributed by atoms with van der Waals surface area (Å²) in [6, 6.07) is 1.51. The molecular formula is C14H28N4O. The highest BCUT2D eigenvalue weighted by Crippen LogP contribution is 2.21. The van der Waals surface area contributed by atoms with Crippen molar-refractivity contribution in [1.82, 2.24) is 20.0 Å². The maximum Gasteiger partial charge on any atom is 0.319 e. The standard InChI is InChI=1S/C14H28N4O/c1-4-18(13-5-8-15-11-13)12-6-9-17(10-7-12)14(19)16(2)3/h12-13,15H,4-11H2,1-3H3. The lowest BCUT2D eigenvalue weighted by Gasteiger charge is -2.41. The molecule has 0 saturated carbocycles. The second-order valence-corrected chi connectivity index (χ2v) is 5.87. The van der Waals surface area contributed by atoms with Crippen LogP contribution in [0.5, 0.6) is 0 Å². The van der Waals surface area contributed by atoms with E-state index in [9.17, 15) is 4.79 Å². The van der Waals surface area contributed by atoms with Crippen molar-refractivity contribution in [3.63, 3.8) is 0 Å². The second kappa shape index (κ2) is 6.57. The molecule has 2 aliphatic rings. The molecule has 0 radical (unpaired) electrons. The molecular weight excluding hydrogens is 240 g/mol. The van der Waals surface area contributed by atoms with Crippen LogP contribution in [0.3, 0.4) is 0 Å². The van der Waals surface area contributed by atoms with Gasteiger partial charge in [0.15, 0.2) is 0 Å². The van der Waals surface area contributed by atoms with E-state index in [1.54, 1.807) is 4.90 Å². The number of amides is 2. The third-order valence-electron chi connectivity index (χ3n) is 4.46. The first kappa shape index (κ1) is 14.6. The number of urea groups is 1. The van der Waals surface area contributed by atoms with Crippen molar-refractivity contribution < 1.29 is 4.79 Å². The highest BCUT2D eigenvalue weighted by atomic mass is 16.2. The van der Waals surface area contributed by atoms with E-state index in [0.29, 0.717) is 12.1 Å². The zero-order chi connectivity index (χ0) is 13.8. The van der Waals surface area contributed by atoms with Gasteiger partial charge in [-0.05, 0) is 32.4 Å². The number of carbonyl (C=O) groups is 1.